The molecule has 1 aromatic carbocycles. The average Bonchev–Trinajstić information content (AvgIpc) is 2.33. The fraction of sp³-hybridized carbons (Fsp3) is 0.462. The highest BCUT2D eigenvalue weighted by molar-refractivity contribution is 5.90. The van der Waals surface area contributed by atoms with E-state index < -0.39 is 23.2 Å². The molecule has 0 unspecified atom stereocenters. The molecule has 4 nitrogen and oxygen atoms in total. The van der Waals surface area contributed by atoms with Gasteiger partial charge in [-0.1, -0.05) is 0 Å². The molecular weight excluding hydrogens is 252 g/mol. The van der Waals surface area contributed by atoms with Gasteiger partial charge in [0, 0.05) is 19.2 Å². The molecule has 6 heteroatoms. The van der Waals surface area contributed by atoms with Crippen LogP contribution in [0.25, 0.3) is 0 Å². The van der Waals surface area contributed by atoms with Crippen molar-refractivity contribution in [1.82, 2.24) is 4.90 Å². The van der Waals surface area contributed by atoms with Gasteiger partial charge in [0.05, 0.1) is 11.2 Å². The van der Waals surface area contributed by atoms with Gasteiger partial charge in [-0.15, -0.1) is 0 Å². The molecule has 3 N–H and O–H groups in total. The van der Waals surface area contributed by atoms with Crippen LogP contribution in [0.1, 0.15) is 20.8 Å². The second-order valence-corrected chi connectivity index (χ2v) is 4.82. The van der Waals surface area contributed by atoms with Crippen LogP contribution in [0.3, 0.4) is 0 Å². The summed E-state index contributed by atoms with van der Waals surface area (Å²) >= 11 is 0. The monoisotopic (exact) mass is 271 g/mol. The van der Waals surface area contributed by atoms with Gasteiger partial charge in [0.1, 0.15) is 11.6 Å². The second kappa shape index (κ2) is 5.97. The maximum atomic E-state index is 13.5. The summed E-state index contributed by atoms with van der Waals surface area (Å²) in [4.78, 5) is 13.6. The van der Waals surface area contributed by atoms with Crippen LogP contribution in [0.2, 0.25) is 0 Å². The van der Waals surface area contributed by atoms with Crippen LogP contribution in [0.5, 0.6) is 0 Å². The lowest BCUT2D eigenvalue weighted by Crippen LogP contribution is -2.53. The van der Waals surface area contributed by atoms with Gasteiger partial charge in [-0.2, -0.15) is 0 Å². The Hall–Kier alpha value is -1.69. The summed E-state index contributed by atoms with van der Waals surface area (Å²) in [5.41, 5.74) is 5.01. The van der Waals surface area contributed by atoms with Gasteiger partial charge in [-0.3, -0.25) is 0 Å². The number of rotatable bonds is 4. The summed E-state index contributed by atoms with van der Waals surface area (Å²) < 4.78 is 26.2. The van der Waals surface area contributed by atoms with E-state index >= 15 is 0 Å². The number of urea groups is 1. The van der Waals surface area contributed by atoms with E-state index in [1.807, 2.05) is 13.8 Å². The molecule has 0 aromatic heterocycles. The number of likely N-dealkylation sites (N-methyl/N-ethyl adjacent to an activating group) is 1. The first kappa shape index (κ1) is 15.4. The third-order valence-corrected chi connectivity index (χ3v) is 2.96. The minimum absolute atomic E-state index is 0.0577. The molecule has 1 aromatic rings. The molecule has 0 aliphatic heterocycles. The standard InChI is InChI=1S/C13H19F2N3O/c1-4-18(13(2,3)8-16)12(19)17-11-6-5-9(14)7-10(11)15/h5-7H,4,8,16H2,1-3H3,(H,17,19). The summed E-state index contributed by atoms with van der Waals surface area (Å²) in [6.07, 6.45) is 0. The molecule has 0 bridgehead atoms. The second-order valence-electron chi connectivity index (χ2n) is 4.82. The number of nitrogens with zero attached hydrogens (tertiary/aromatic N) is 1. The smallest absolute Gasteiger partial charge is 0.322 e. The molecule has 0 spiro atoms. The summed E-state index contributed by atoms with van der Waals surface area (Å²) in [5.74, 6) is -1.50. The molecule has 0 aliphatic rings. The minimum atomic E-state index is -0.810. The molecule has 0 aliphatic carbocycles. The van der Waals surface area contributed by atoms with Crippen molar-refractivity contribution >= 4 is 11.7 Å². The van der Waals surface area contributed by atoms with E-state index in [2.05, 4.69) is 5.32 Å². The van der Waals surface area contributed by atoms with E-state index in [1.165, 1.54) is 11.0 Å². The zero-order chi connectivity index (χ0) is 14.6. The third-order valence-electron chi connectivity index (χ3n) is 2.96. The molecule has 1 rings (SSSR count). The first-order valence-electron chi connectivity index (χ1n) is 6.05. The van der Waals surface area contributed by atoms with Crippen molar-refractivity contribution in [3.05, 3.63) is 29.8 Å². The molecule has 19 heavy (non-hydrogen) atoms. The number of benzene rings is 1. The van der Waals surface area contributed by atoms with Gasteiger partial charge in [-0.25, -0.2) is 13.6 Å². The maximum Gasteiger partial charge on any atom is 0.322 e. The average molecular weight is 271 g/mol. The highest BCUT2D eigenvalue weighted by Gasteiger charge is 2.28. The number of nitrogens with two attached hydrogens (primary N) is 1. The Morgan fingerprint density at radius 2 is 2.05 bits per heavy atom. The highest BCUT2D eigenvalue weighted by atomic mass is 19.1. The number of carbonyl (C=O) groups is 1. The zero-order valence-electron chi connectivity index (χ0n) is 11.3. The SMILES string of the molecule is CCN(C(=O)Nc1ccc(F)cc1F)C(C)(C)CN. The molecule has 0 saturated carbocycles. The van der Waals surface area contributed by atoms with Crippen LogP contribution in [0, 0.1) is 11.6 Å². The van der Waals surface area contributed by atoms with Crippen LogP contribution < -0.4 is 11.1 Å². The largest absolute Gasteiger partial charge is 0.328 e. The summed E-state index contributed by atoms with van der Waals surface area (Å²) in [5, 5.41) is 2.42. The molecule has 106 valence electrons. The van der Waals surface area contributed by atoms with Crippen molar-refractivity contribution in [2.24, 2.45) is 5.73 Å². The predicted octanol–water partition coefficient (Wildman–Crippen LogP) is 2.56. The van der Waals surface area contributed by atoms with Gasteiger partial charge in [0.25, 0.3) is 0 Å². The summed E-state index contributed by atoms with van der Waals surface area (Å²) in [7, 11) is 0. The number of nitrogens with one attached hydrogen (secondary N) is 1. The van der Waals surface area contributed by atoms with E-state index in [9.17, 15) is 13.6 Å². The Kier molecular flexibility index (Phi) is 4.83. The van der Waals surface area contributed by atoms with Crippen molar-refractivity contribution in [2.75, 3.05) is 18.4 Å². The van der Waals surface area contributed by atoms with Crippen LogP contribution in [0.4, 0.5) is 19.3 Å². The van der Waals surface area contributed by atoms with Crippen molar-refractivity contribution in [1.29, 1.82) is 0 Å². The van der Waals surface area contributed by atoms with Crippen molar-refractivity contribution in [2.45, 2.75) is 26.3 Å². The summed E-state index contributed by atoms with van der Waals surface area (Å²) in [6, 6.07) is 2.53. The lowest BCUT2D eigenvalue weighted by atomic mass is 10.0. The van der Waals surface area contributed by atoms with Crippen molar-refractivity contribution in [3.8, 4) is 0 Å². The molecule has 2 amide bonds. The molecule has 0 saturated heterocycles. The highest BCUT2D eigenvalue weighted by Crippen LogP contribution is 2.18. The number of carbonyl (C=O) groups excluding carboxylic acids is 1. The van der Waals surface area contributed by atoms with E-state index in [4.69, 9.17) is 5.73 Å². The third kappa shape index (κ3) is 3.64. The van der Waals surface area contributed by atoms with Gasteiger partial charge in [-0.05, 0) is 32.9 Å². The summed E-state index contributed by atoms with van der Waals surface area (Å²) in [6.45, 7) is 6.14. The number of hydrogen-bond donors (Lipinski definition) is 2. The Morgan fingerprint density at radius 3 is 2.53 bits per heavy atom. The van der Waals surface area contributed by atoms with Crippen LogP contribution in [-0.2, 0) is 0 Å². The van der Waals surface area contributed by atoms with Gasteiger partial charge >= 0.3 is 6.03 Å². The number of halogens is 2. The van der Waals surface area contributed by atoms with Gasteiger partial charge < -0.3 is 16.0 Å². The Labute approximate surface area is 111 Å². The molecule has 0 fully saturated rings. The number of hydrogen-bond acceptors (Lipinski definition) is 2. The van der Waals surface area contributed by atoms with Crippen molar-refractivity contribution < 1.29 is 13.6 Å². The fourth-order valence-corrected chi connectivity index (χ4v) is 1.73. The van der Waals surface area contributed by atoms with E-state index in [1.54, 1.807) is 6.92 Å². The van der Waals surface area contributed by atoms with Crippen LogP contribution in [-0.4, -0.2) is 29.6 Å². The van der Waals surface area contributed by atoms with E-state index in [0.717, 1.165) is 12.1 Å². The number of amides is 2. The quantitative estimate of drug-likeness (QED) is 0.884. The molecule has 0 atom stereocenters. The van der Waals surface area contributed by atoms with Crippen molar-refractivity contribution in [3.63, 3.8) is 0 Å². The lowest BCUT2D eigenvalue weighted by molar-refractivity contribution is 0.155. The Balaban J connectivity index is 2.89. The predicted molar refractivity (Wildman–Crippen MR) is 70.9 cm³/mol. The topological polar surface area (TPSA) is 58.4 Å². The van der Waals surface area contributed by atoms with Crippen LogP contribution >= 0.6 is 0 Å². The first-order valence-corrected chi connectivity index (χ1v) is 6.05. The molecule has 0 radical (unpaired) electrons. The first-order chi connectivity index (χ1) is 8.81. The van der Waals surface area contributed by atoms with Crippen LogP contribution in [0.15, 0.2) is 18.2 Å². The molecule has 0 heterocycles. The normalized spacial score (nSPS) is 11.3. The molecular formula is C13H19F2N3O. The fourth-order valence-electron chi connectivity index (χ4n) is 1.73. The zero-order valence-corrected chi connectivity index (χ0v) is 11.3. The maximum absolute atomic E-state index is 13.5. The van der Waals surface area contributed by atoms with E-state index in [-0.39, 0.29) is 12.2 Å². The van der Waals surface area contributed by atoms with E-state index in [0.29, 0.717) is 6.54 Å². The van der Waals surface area contributed by atoms with Gasteiger partial charge in [0.15, 0.2) is 0 Å². The number of anilines is 1. The van der Waals surface area contributed by atoms with Gasteiger partial charge in [0.2, 0.25) is 0 Å². The Morgan fingerprint density at radius 1 is 1.42 bits per heavy atom. The Bertz CT molecular complexity index is 463. The lowest BCUT2D eigenvalue weighted by Gasteiger charge is -2.36. The minimum Gasteiger partial charge on any atom is -0.328 e.